The largest absolute Gasteiger partial charge is 0.337 e. The third-order valence-electron chi connectivity index (χ3n) is 2.85. The van der Waals surface area contributed by atoms with Crippen molar-refractivity contribution in [1.29, 1.82) is 0 Å². The fourth-order valence-electron chi connectivity index (χ4n) is 1.79. The summed E-state index contributed by atoms with van der Waals surface area (Å²) in [6.07, 6.45) is 3.45. The van der Waals surface area contributed by atoms with Crippen LogP contribution in [0.4, 0.5) is 10.5 Å². The standard InChI is InChI=1S/C15H20N4OS/c1-3-19-11-13(10-17-19)18-15(20)16-9-12(2)21-14-7-5-4-6-8-14/h4-8,10-12H,3,9H2,1-2H3,(H2,16,18,20)/t12-/m0/s1. The van der Waals surface area contributed by atoms with Gasteiger partial charge in [0.05, 0.1) is 11.9 Å². The molecule has 1 aromatic carbocycles. The van der Waals surface area contributed by atoms with Gasteiger partial charge < -0.3 is 10.6 Å². The molecule has 2 rings (SSSR count). The summed E-state index contributed by atoms with van der Waals surface area (Å²) < 4.78 is 1.77. The van der Waals surface area contributed by atoms with Crippen molar-refractivity contribution in [3.63, 3.8) is 0 Å². The monoisotopic (exact) mass is 304 g/mol. The summed E-state index contributed by atoms with van der Waals surface area (Å²) in [5, 5.41) is 10.1. The number of amides is 2. The molecule has 0 aliphatic rings. The number of aryl methyl sites for hydroxylation is 1. The molecule has 0 spiro atoms. The van der Waals surface area contributed by atoms with E-state index in [1.165, 1.54) is 4.90 Å². The van der Waals surface area contributed by atoms with Gasteiger partial charge in [-0.25, -0.2) is 4.79 Å². The van der Waals surface area contributed by atoms with Crippen molar-refractivity contribution < 1.29 is 4.79 Å². The van der Waals surface area contributed by atoms with Crippen molar-refractivity contribution in [3.8, 4) is 0 Å². The van der Waals surface area contributed by atoms with Gasteiger partial charge in [-0.05, 0) is 19.1 Å². The van der Waals surface area contributed by atoms with Crippen molar-refractivity contribution in [2.45, 2.75) is 30.5 Å². The number of nitrogens with zero attached hydrogens (tertiary/aromatic N) is 2. The molecule has 1 heterocycles. The maximum absolute atomic E-state index is 11.8. The molecule has 0 aliphatic carbocycles. The van der Waals surface area contributed by atoms with E-state index in [0.717, 1.165) is 6.54 Å². The fourth-order valence-corrected chi connectivity index (χ4v) is 2.73. The highest BCUT2D eigenvalue weighted by Crippen LogP contribution is 2.21. The van der Waals surface area contributed by atoms with Crippen LogP contribution in [-0.4, -0.2) is 27.6 Å². The number of carbonyl (C=O) groups excluding carboxylic acids is 1. The molecule has 1 atom stereocenters. The molecular formula is C15H20N4OS. The van der Waals surface area contributed by atoms with Crippen LogP contribution in [0, 0.1) is 0 Å². The Hall–Kier alpha value is -1.95. The van der Waals surface area contributed by atoms with Crippen molar-refractivity contribution in [2.75, 3.05) is 11.9 Å². The number of carbonyl (C=O) groups is 1. The van der Waals surface area contributed by atoms with E-state index in [4.69, 9.17) is 0 Å². The Morgan fingerprint density at radius 1 is 1.38 bits per heavy atom. The van der Waals surface area contributed by atoms with Gasteiger partial charge >= 0.3 is 6.03 Å². The number of thioether (sulfide) groups is 1. The Morgan fingerprint density at radius 2 is 2.14 bits per heavy atom. The van der Waals surface area contributed by atoms with Crippen LogP contribution in [0.25, 0.3) is 0 Å². The Balaban J connectivity index is 1.73. The molecule has 0 bridgehead atoms. The zero-order valence-corrected chi connectivity index (χ0v) is 13.1. The Morgan fingerprint density at radius 3 is 2.81 bits per heavy atom. The van der Waals surface area contributed by atoms with Crippen molar-refractivity contribution >= 4 is 23.5 Å². The highest BCUT2D eigenvalue weighted by molar-refractivity contribution is 8.00. The van der Waals surface area contributed by atoms with Gasteiger partial charge in [-0.1, -0.05) is 25.1 Å². The second-order valence-electron chi connectivity index (χ2n) is 4.66. The number of hydrogen-bond acceptors (Lipinski definition) is 3. The molecule has 0 saturated carbocycles. The topological polar surface area (TPSA) is 59.0 Å². The molecule has 0 saturated heterocycles. The summed E-state index contributed by atoms with van der Waals surface area (Å²) in [4.78, 5) is 13.0. The highest BCUT2D eigenvalue weighted by atomic mass is 32.2. The molecule has 2 amide bonds. The van der Waals surface area contributed by atoms with E-state index in [0.29, 0.717) is 17.5 Å². The van der Waals surface area contributed by atoms with Crippen LogP contribution in [0.5, 0.6) is 0 Å². The van der Waals surface area contributed by atoms with Crippen molar-refractivity contribution in [2.24, 2.45) is 0 Å². The van der Waals surface area contributed by atoms with Crippen LogP contribution in [0.2, 0.25) is 0 Å². The summed E-state index contributed by atoms with van der Waals surface area (Å²) >= 11 is 1.74. The molecule has 2 aromatic rings. The number of anilines is 1. The van der Waals surface area contributed by atoms with E-state index in [-0.39, 0.29) is 6.03 Å². The molecule has 2 N–H and O–H groups in total. The molecule has 0 unspecified atom stereocenters. The summed E-state index contributed by atoms with van der Waals surface area (Å²) in [5.74, 6) is 0. The minimum Gasteiger partial charge on any atom is -0.337 e. The third-order valence-corrected chi connectivity index (χ3v) is 3.96. The minimum absolute atomic E-state index is 0.203. The van der Waals surface area contributed by atoms with Crippen LogP contribution in [0.15, 0.2) is 47.6 Å². The number of aromatic nitrogens is 2. The zero-order valence-electron chi connectivity index (χ0n) is 12.2. The van der Waals surface area contributed by atoms with Gasteiger partial charge in [-0.2, -0.15) is 5.10 Å². The van der Waals surface area contributed by atoms with E-state index in [9.17, 15) is 4.79 Å². The van der Waals surface area contributed by atoms with Crippen LogP contribution >= 0.6 is 11.8 Å². The molecule has 21 heavy (non-hydrogen) atoms. The summed E-state index contributed by atoms with van der Waals surface area (Å²) in [6, 6.07) is 9.96. The van der Waals surface area contributed by atoms with E-state index in [1.807, 2.05) is 31.3 Å². The van der Waals surface area contributed by atoms with Crippen LogP contribution < -0.4 is 10.6 Å². The Kier molecular flexibility index (Phi) is 5.68. The van der Waals surface area contributed by atoms with E-state index < -0.39 is 0 Å². The Bertz CT molecular complexity index is 570. The van der Waals surface area contributed by atoms with Crippen LogP contribution in [0.1, 0.15) is 13.8 Å². The summed E-state index contributed by atoms with van der Waals surface area (Å²) in [5.41, 5.74) is 0.706. The molecule has 6 heteroatoms. The molecule has 5 nitrogen and oxygen atoms in total. The number of rotatable bonds is 6. The molecule has 0 fully saturated rings. The highest BCUT2D eigenvalue weighted by Gasteiger charge is 2.08. The van der Waals surface area contributed by atoms with Gasteiger partial charge in [0.25, 0.3) is 0 Å². The quantitative estimate of drug-likeness (QED) is 0.806. The lowest BCUT2D eigenvalue weighted by Crippen LogP contribution is -2.33. The molecule has 0 aliphatic heterocycles. The van der Waals surface area contributed by atoms with E-state index >= 15 is 0 Å². The van der Waals surface area contributed by atoms with Gasteiger partial charge in [0.2, 0.25) is 0 Å². The number of nitrogens with one attached hydrogen (secondary N) is 2. The van der Waals surface area contributed by atoms with E-state index in [2.05, 4.69) is 34.8 Å². The van der Waals surface area contributed by atoms with Gasteiger partial charge in [0.1, 0.15) is 0 Å². The first-order valence-electron chi connectivity index (χ1n) is 6.96. The third kappa shape index (κ3) is 5.15. The van der Waals surface area contributed by atoms with Crippen LogP contribution in [0.3, 0.4) is 0 Å². The molecule has 0 radical (unpaired) electrons. The van der Waals surface area contributed by atoms with Crippen molar-refractivity contribution in [3.05, 3.63) is 42.7 Å². The van der Waals surface area contributed by atoms with Gasteiger partial charge in [-0.15, -0.1) is 11.8 Å². The molecular weight excluding hydrogens is 284 g/mol. The number of benzene rings is 1. The molecule has 1 aromatic heterocycles. The second kappa shape index (κ2) is 7.73. The van der Waals surface area contributed by atoms with Crippen LogP contribution in [-0.2, 0) is 6.54 Å². The first kappa shape index (κ1) is 15.4. The first-order chi connectivity index (χ1) is 10.2. The van der Waals surface area contributed by atoms with E-state index in [1.54, 1.807) is 22.6 Å². The van der Waals surface area contributed by atoms with Gasteiger partial charge in [-0.3, -0.25) is 4.68 Å². The predicted octanol–water partition coefficient (Wildman–Crippen LogP) is 3.21. The summed E-state index contributed by atoms with van der Waals surface area (Å²) in [7, 11) is 0. The predicted molar refractivity (Wildman–Crippen MR) is 86.7 cm³/mol. The SMILES string of the molecule is CCn1cc(NC(=O)NC[C@H](C)Sc2ccccc2)cn1. The summed E-state index contributed by atoms with van der Waals surface area (Å²) in [6.45, 7) is 5.48. The maximum Gasteiger partial charge on any atom is 0.319 e. The maximum atomic E-state index is 11.8. The average molecular weight is 304 g/mol. The number of urea groups is 1. The molecule has 112 valence electrons. The smallest absolute Gasteiger partial charge is 0.319 e. The van der Waals surface area contributed by atoms with Crippen molar-refractivity contribution in [1.82, 2.24) is 15.1 Å². The fraction of sp³-hybridized carbons (Fsp3) is 0.333. The second-order valence-corrected chi connectivity index (χ2v) is 6.17. The minimum atomic E-state index is -0.203. The lowest BCUT2D eigenvalue weighted by molar-refractivity contribution is 0.252. The first-order valence-corrected chi connectivity index (χ1v) is 7.84. The van der Waals surface area contributed by atoms with Gasteiger partial charge in [0.15, 0.2) is 0 Å². The normalized spacial score (nSPS) is 11.9. The number of hydrogen-bond donors (Lipinski definition) is 2. The average Bonchev–Trinajstić information content (AvgIpc) is 2.94. The van der Waals surface area contributed by atoms with Gasteiger partial charge in [0, 0.05) is 29.4 Å². The lowest BCUT2D eigenvalue weighted by Gasteiger charge is -2.12. The Labute approximate surface area is 129 Å². The zero-order chi connectivity index (χ0) is 15.1. The lowest BCUT2D eigenvalue weighted by atomic mass is 10.4.